The maximum Gasteiger partial charge on any atom is 0.0825 e. The van der Waals surface area contributed by atoms with Gasteiger partial charge in [-0.3, -0.25) is 0 Å². The van der Waals surface area contributed by atoms with Gasteiger partial charge in [0.25, 0.3) is 0 Å². The molecule has 0 nitrogen and oxygen atoms in total. The van der Waals surface area contributed by atoms with Gasteiger partial charge < -0.3 is 0 Å². The molecule has 8 heavy (non-hydrogen) atoms. The van der Waals surface area contributed by atoms with Crippen molar-refractivity contribution in [1.29, 1.82) is 0 Å². The molecule has 0 N–H and O–H groups in total. The molecule has 0 saturated carbocycles. The number of hydrogen-bond donors (Lipinski definition) is 0. The lowest BCUT2D eigenvalue weighted by molar-refractivity contribution is 0.573. The first-order valence-electron chi connectivity index (χ1n) is 2.88. The monoisotopic (exact) mass is 242 g/mol. The van der Waals surface area contributed by atoms with Crippen LogP contribution in [0.1, 0.15) is 27.2 Å². The minimum Gasteiger partial charge on any atom is -0.0725 e. The van der Waals surface area contributed by atoms with E-state index in [9.17, 15) is 0 Å². The third-order valence-corrected chi connectivity index (χ3v) is 4.27. The second-order valence-electron chi connectivity index (χ2n) is 2.27. The first-order valence-corrected chi connectivity index (χ1v) is 4.47. The summed E-state index contributed by atoms with van der Waals surface area (Å²) in [4.78, 5) is 0. The van der Waals surface area contributed by atoms with Crippen LogP contribution in [0, 0.1) is 5.92 Å². The highest BCUT2D eigenvalue weighted by Gasteiger charge is 2.23. The molecule has 0 heterocycles. The summed E-state index contributed by atoms with van der Waals surface area (Å²) in [6.45, 7) is 6.53. The van der Waals surface area contributed by atoms with Crippen molar-refractivity contribution in [1.82, 2.24) is 0 Å². The fourth-order valence-corrected chi connectivity index (χ4v) is 0.408. The summed E-state index contributed by atoms with van der Waals surface area (Å²) < 4.78 is 0.167. The van der Waals surface area contributed by atoms with Crippen molar-refractivity contribution in [2.75, 3.05) is 0 Å². The van der Waals surface area contributed by atoms with E-state index in [1.54, 1.807) is 0 Å². The molecule has 0 fully saturated rings. The van der Waals surface area contributed by atoms with Gasteiger partial charge in [0.1, 0.15) is 0 Å². The average Bonchev–Trinajstić information content (AvgIpc) is 1.67. The average molecular weight is 244 g/mol. The van der Waals surface area contributed by atoms with Crippen molar-refractivity contribution in [3.05, 3.63) is 0 Å². The standard InChI is InChI=1S/C6H12Br2/c1-4-6(7,8)5(2)3/h5H,4H2,1-3H3. The Balaban J connectivity index is 3.71. The minimum absolute atomic E-state index is 0.167. The Labute approximate surface area is 68.3 Å². The molecule has 0 amide bonds. The molecule has 0 aliphatic rings. The lowest BCUT2D eigenvalue weighted by atomic mass is 10.1. The van der Waals surface area contributed by atoms with Crippen LogP contribution in [-0.2, 0) is 0 Å². The summed E-state index contributed by atoms with van der Waals surface area (Å²) in [5, 5.41) is 0. The summed E-state index contributed by atoms with van der Waals surface area (Å²) in [6, 6.07) is 0. The van der Waals surface area contributed by atoms with Gasteiger partial charge >= 0.3 is 0 Å². The Morgan fingerprint density at radius 2 is 1.75 bits per heavy atom. The molecule has 0 radical (unpaired) electrons. The van der Waals surface area contributed by atoms with Gasteiger partial charge in [-0.2, -0.15) is 0 Å². The lowest BCUT2D eigenvalue weighted by Gasteiger charge is -2.22. The van der Waals surface area contributed by atoms with Crippen molar-refractivity contribution in [2.24, 2.45) is 5.92 Å². The van der Waals surface area contributed by atoms with Crippen LogP contribution >= 0.6 is 31.9 Å². The molecule has 0 atom stereocenters. The Morgan fingerprint density at radius 1 is 1.38 bits per heavy atom. The van der Waals surface area contributed by atoms with Crippen LogP contribution in [0.25, 0.3) is 0 Å². The molecule has 0 spiro atoms. The summed E-state index contributed by atoms with van der Waals surface area (Å²) in [5.41, 5.74) is 0. The van der Waals surface area contributed by atoms with Crippen molar-refractivity contribution in [3.63, 3.8) is 0 Å². The normalized spacial score (nSPS) is 12.8. The van der Waals surface area contributed by atoms with Crippen LogP contribution in [0.2, 0.25) is 0 Å². The van der Waals surface area contributed by atoms with Crippen molar-refractivity contribution >= 4 is 31.9 Å². The molecule has 2 heteroatoms. The highest BCUT2D eigenvalue weighted by Crippen LogP contribution is 2.37. The number of alkyl halides is 2. The molecule has 0 aromatic rings. The van der Waals surface area contributed by atoms with Crippen LogP contribution < -0.4 is 0 Å². The molecule has 0 aliphatic carbocycles. The summed E-state index contributed by atoms with van der Waals surface area (Å²) in [5.74, 6) is 0.646. The van der Waals surface area contributed by atoms with E-state index in [2.05, 4.69) is 52.6 Å². The predicted octanol–water partition coefficient (Wildman–Crippen LogP) is 3.54. The van der Waals surface area contributed by atoms with Crippen LogP contribution in [0.5, 0.6) is 0 Å². The third-order valence-electron chi connectivity index (χ3n) is 1.32. The van der Waals surface area contributed by atoms with E-state index in [1.165, 1.54) is 0 Å². The molecule has 0 aliphatic heterocycles. The topological polar surface area (TPSA) is 0 Å². The SMILES string of the molecule is CCC(Br)(Br)C(C)C. The minimum atomic E-state index is 0.167. The second-order valence-corrected chi connectivity index (χ2v) is 6.16. The van der Waals surface area contributed by atoms with Gasteiger partial charge in [-0.25, -0.2) is 0 Å². The Hall–Kier alpha value is 0.960. The van der Waals surface area contributed by atoms with Gasteiger partial charge in [-0.05, 0) is 12.3 Å². The lowest BCUT2D eigenvalue weighted by Crippen LogP contribution is -2.17. The molecule has 0 aromatic heterocycles. The smallest absolute Gasteiger partial charge is 0.0725 e. The first-order chi connectivity index (χ1) is 3.50. The fourth-order valence-electron chi connectivity index (χ4n) is 0.408. The Morgan fingerprint density at radius 3 is 1.75 bits per heavy atom. The van der Waals surface area contributed by atoms with E-state index >= 15 is 0 Å². The Kier molecular flexibility index (Phi) is 3.60. The largest absolute Gasteiger partial charge is 0.0825 e. The third kappa shape index (κ3) is 2.49. The molecule has 0 saturated heterocycles. The van der Waals surface area contributed by atoms with E-state index in [0.717, 1.165) is 6.42 Å². The first kappa shape index (κ1) is 8.96. The van der Waals surface area contributed by atoms with E-state index in [4.69, 9.17) is 0 Å². The zero-order chi connectivity index (χ0) is 6.78. The highest BCUT2D eigenvalue weighted by molar-refractivity contribution is 9.25. The molecular formula is C6H12Br2. The fraction of sp³-hybridized carbons (Fsp3) is 1.00. The van der Waals surface area contributed by atoms with E-state index in [-0.39, 0.29) is 3.23 Å². The van der Waals surface area contributed by atoms with Gasteiger partial charge in [0.2, 0.25) is 0 Å². The van der Waals surface area contributed by atoms with Crippen LogP contribution in [0.15, 0.2) is 0 Å². The zero-order valence-corrected chi connectivity index (χ0v) is 8.71. The summed E-state index contributed by atoms with van der Waals surface area (Å²) in [7, 11) is 0. The molecule has 0 rings (SSSR count). The van der Waals surface area contributed by atoms with Crippen LogP contribution in [-0.4, -0.2) is 3.23 Å². The van der Waals surface area contributed by atoms with Gasteiger partial charge in [0.15, 0.2) is 0 Å². The number of hydrogen-bond acceptors (Lipinski definition) is 0. The highest BCUT2D eigenvalue weighted by atomic mass is 79.9. The van der Waals surface area contributed by atoms with Crippen LogP contribution in [0.4, 0.5) is 0 Å². The summed E-state index contributed by atoms with van der Waals surface area (Å²) in [6.07, 6.45) is 1.12. The van der Waals surface area contributed by atoms with E-state index in [1.807, 2.05) is 0 Å². The van der Waals surface area contributed by atoms with Gasteiger partial charge in [0, 0.05) is 0 Å². The van der Waals surface area contributed by atoms with E-state index in [0.29, 0.717) is 5.92 Å². The molecule has 0 aromatic carbocycles. The number of rotatable bonds is 2. The summed E-state index contributed by atoms with van der Waals surface area (Å²) >= 11 is 7.12. The van der Waals surface area contributed by atoms with Crippen LogP contribution in [0.3, 0.4) is 0 Å². The van der Waals surface area contributed by atoms with Gasteiger partial charge in [0.05, 0.1) is 3.23 Å². The number of halogens is 2. The second kappa shape index (κ2) is 3.21. The maximum absolute atomic E-state index is 3.56. The predicted molar refractivity (Wildman–Crippen MR) is 45.7 cm³/mol. The molecule has 50 valence electrons. The molecule has 0 unspecified atom stereocenters. The van der Waals surface area contributed by atoms with Gasteiger partial charge in [-0.1, -0.05) is 52.6 Å². The maximum atomic E-state index is 3.56. The quantitative estimate of drug-likeness (QED) is 0.651. The van der Waals surface area contributed by atoms with E-state index < -0.39 is 0 Å². The van der Waals surface area contributed by atoms with Crippen molar-refractivity contribution < 1.29 is 0 Å². The van der Waals surface area contributed by atoms with Gasteiger partial charge in [-0.15, -0.1) is 0 Å². The van der Waals surface area contributed by atoms with Crippen molar-refractivity contribution in [3.8, 4) is 0 Å². The van der Waals surface area contributed by atoms with Crippen molar-refractivity contribution in [2.45, 2.75) is 30.4 Å². The Bertz CT molecular complexity index is 66.9. The molecule has 0 bridgehead atoms. The zero-order valence-electron chi connectivity index (χ0n) is 5.54. The molecular weight excluding hydrogens is 232 g/mol.